The number of pyridine rings is 1. The number of hydrogen-bond acceptors (Lipinski definition) is 3. The molecule has 114 valence electrons. The topological polar surface area (TPSA) is 28.2 Å². The van der Waals surface area contributed by atoms with Crippen LogP contribution in [-0.2, 0) is 6.54 Å². The van der Waals surface area contributed by atoms with E-state index < -0.39 is 0 Å². The molecule has 0 bridgehead atoms. The molecule has 0 saturated heterocycles. The van der Waals surface area contributed by atoms with Gasteiger partial charge in [-0.15, -0.1) is 0 Å². The summed E-state index contributed by atoms with van der Waals surface area (Å²) in [7, 11) is 0. The molecule has 0 fully saturated rings. The summed E-state index contributed by atoms with van der Waals surface area (Å²) in [5, 5.41) is 3.48. The summed E-state index contributed by atoms with van der Waals surface area (Å²) in [6, 6.07) is 4.92. The van der Waals surface area contributed by atoms with Gasteiger partial charge in [-0.3, -0.25) is 0 Å². The zero-order valence-electron chi connectivity index (χ0n) is 14.0. The van der Waals surface area contributed by atoms with Gasteiger partial charge in [0.05, 0.1) is 0 Å². The highest BCUT2D eigenvalue weighted by molar-refractivity contribution is 5.42. The SMILES string of the molecule is CCC(C)N(CC)c1ccc(CNCC(C)C)c(C)n1. The number of hydrogen-bond donors (Lipinski definition) is 1. The highest BCUT2D eigenvalue weighted by atomic mass is 15.2. The maximum Gasteiger partial charge on any atom is 0.129 e. The van der Waals surface area contributed by atoms with Crippen LogP contribution < -0.4 is 10.2 Å². The van der Waals surface area contributed by atoms with Gasteiger partial charge < -0.3 is 10.2 Å². The Morgan fingerprint density at radius 2 is 1.90 bits per heavy atom. The van der Waals surface area contributed by atoms with Crippen LogP contribution in [0.4, 0.5) is 5.82 Å². The van der Waals surface area contributed by atoms with Crippen molar-refractivity contribution >= 4 is 5.82 Å². The summed E-state index contributed by atoms with van der Waals surface area (Å²) in [4.78, 5) is 7.17. The molecule has 3 heteroatoms. The first-order chi connectivity index (χ1) is 9.49. The van der Waals surface area contributed by atoms with Crippen molar-refractivity contribution in [1.29, 1.82) is 0 Å². The highest BCUT2D eigenvalue weighted by Crippen LogP contribution is 2.18. The molecule has 0 aliphatic carbocycles. The second-order valence-corrected chi connectivity index (χ2v) is 5.98. The largest absolute Gasteiger partial charge is 0.354 e. The van der Waals surface area contributed by atoms with Crippen molar-refractivity contribution in [3.8, 4) is 0 Å². The Morgan fingerprint density at radius 1 is 1.20 bits per heavy atom. The maximum absolute atomic E-state index is 4.80. The average molecular weight is 277 g/mol. The third kappa shape index (κ3) is 4.78. The van der Waals surface area contributed by atoms with Crippen LogP contribution in [0, 0.1) is 12.8 Å². The normalized spacial score (nSPS) is 12.8. The van der Waals surface area contributed by atoms with Crippen molar-refractivity contribution in [1.82, 2.24) is 10.3 Å². The minimum absolute atomic E-state index is 0.539. The summed E-state index contributed by atoms with van der Waals surface area (Å²) in [6.45, 7) is 16.2. The third-order valence-corrected chi connectivity index (χ3v) is 3.81. The lowest BCUT2D eigenvalue weighted by Crippen LogP contribution is -2.33. The summed E-state index contributed by atoms with van der Waals surface area (Å²) in [6.07, 6.45) is 1.15. The first-order valence-electron chi connectivity index (χ1n) is 7.93. The maximum atomic E-state index is 4.80. The Bertz CT molecular complexity index is 401. The molecular formula is C17H31N3. The summed E-state index contributed by atoms with van der Waals surface area (Å²) >= 11 is 0. The van der Waals surface area contributed by atoms with E-state index in [0.29, 0.717) is 12.0 Å². The van der Waals surface area contributed by atoms with E-state index in [-0.39, 0.29) is 0 Å². The van der Waals surface area contributed by atoms with Crippen LogP contribution in [0.1, 0.15) is 52.3 Å². The minimum atomic E-state index is 0.539. The molecule has 0 radical (unpaired) electrons. The molecule has 1 heterocycles. The summed E-state index contributed by atoms with van der Waals surface area (Å²) in [5.41, 5.74) is 2.44. The van der Waals surface area contributed by atoms with E-state index in [1.165, 1.54) is 5.56 Å². The van der Waals surface area contributed by atoms with Gasteiger partial charge in [-0.25, -0.2) is 4.98 Å². The van der Waals surface area contributed by atoms with Crippen LogP contribution in [0.2, 0.25) is 0 Å². The molecule has 1 aromatic rings. The Morgan fingerprint density at radius 3 is 2.40 bits per heavy atom. The molecular weight excluding hydrogens is 246 g/mol. The van der Waals surface area contributed by atoms with Crippen molar-refractivity contribution in [2.24, 2.45) is 5.92 Å². The van der Waals surface area contributed by atoms with Crippen LogP contribution >= 0.6 is 0 Å². The van der Waals surface area contributed by atoms with E-state index in [4.69, 9.17) is 4.98 Å². The standard InChI is InChI=1S/C17H31N3/c1-7-14(5)20(8-2)17-10-9-16(15(6)19-17)12-18-11-13(3)4/h9-10,13-14,18H,7-8,11-12H2,1-6H3. The fourth-order valence-corrected chi connectivity index (χ4v) is 2.34. The van der Waals surface area contributed by atoms with Crippen molar-refractivity contribution in [3.63, 3.8) is 0 Å². The summed E-state index contributed by atoms with van der Waals surface area (Å²) in [5.74, 6) is 1.79. The molecule has 1 unspecified atom stereocenters. The molecule has 0 saturated carbocycles. The van der Waals surface area contributed by atoms with Crippen LogP contribution in [0.3, 0.4) is 0 Å². The molecule has 0 spiro atoms. The molecule has 1 aromatic heterocycles. The molecule has 3 nitrogen and oxygen atoms in total. The van der Waals surface area contributed by atoms with E-state index in [2.05, 4.69) is 63.9 Å². The second kappa shape index (κ2) is 8.25. The Hall–Kier alpha value is -1.09. The minimum Gasteiger partial charge on any atom is -0.354 e. The van der Waals surface area contributed by atoms with Gasteiger partial charge in [-0.2, -0.15) is 0 Å². The van der Waals surface area contributed by atoms with Crippen molar-refractivity contribution < 1.29 is 0 Å². The van der Waals surface area contributed by atoms with Crippen LogP contribution in [0.15, 0.2) is 12.1 Å². The molecule has 0 aromatic carbocycles. The van der Waals surface area contributed by atoms with Crippen molar-refractivity contribution in [3.05, 3.63) is 23.4 Å². The van der Waals surface area contributed by atoms with E-state index in [1.54, 1.807) is 0 Å². The third-order valence-electron chi connectivity index (χ3n) is 3.81. The second-order valence-electron chi connectivity index (χ2n) is 5.98. The van der Waals surface area contributed by atoms with Gasteiger partial charge in [0.15, 0.2) is 0 Å². The van der Waals surface area contributed by atoms with Crippen LogP contribution in [0.25, 0.3) is 0 Å². The lowest BCUT2D eigenvalue weighted by molar-refractivity contribution is 0.550. The van der Waals surface area contributed by atoms with Gasteiger partial charge in [0.25, 0.3) is 0 Å². The predicted molar refractivity (Wildman–Crippen MR) is 88.3 cm³/mol. The smallest absolute Gasteiger partial charge is 0.129 e. The van der Waals surface area contributed by atoms with Gasteiger partial charge in [0.1, 0.15) is 5.82 Å². The number of aryl methyl sites for hydroxylation is 1. The first-order valence-corrected chi connectivity index (χ1v) is 7.93. The Labute approximate surface area is 124 Å². The Kier molecular flexibility index (Phi) is 7.00. The quantitative estimate of drug-likeness (QED) is 0.784. The first kappa shape index (κ1) is 17.0. The van der Waals surface area contributed by atoms with E-state index in [1.807, 2.05) is 0 Å². The number of rotatable bonds is 8. The van der Waals surface area contributed by atoms with Gasteiger partial charge in [0, 0.05) is 24.8 Å². The lowest BCUT2D eigenvalue weighted by atomic mass is 10.1. The summed E-state index contributed by atoms with van der Waals surface area (Å²) < 4.78 is 0. The zero-order chi connectivity index (χ0) is 15.1. The van der Waals surface area contributed by atoms with Gasteiger partial charge in [0.2, 0.25) is 0 Å². The monoisotopic (exact) mass is 277 g/mol. The number of nitrogens with zero attached hydrogens (tertiary/aromatic N) is 2. The molecule has 1 atom stereocenters. The molecule has 1 rings (SSSR count). The van der Waals surface area contributed by atoms with Crippen molar-refractivity contribution in [2.75, 3.05) is 18.0 Å². The molecule has 0 aliphatic rings. The highest BCUT2D eigenvalue weighted by Gasteiger charge is 2.13. The number of nitrogens with one attached hydrogen (secondary N) is 1. The van der Waals surface area contributed by atoms with E-state index >= 15 is 0 Å². The van der Waals surface area contributed by atoms with Gasteiger partial charge in [-0.1, -0.05) is 26.8 Å². The van der Waals surface area contributed by atoms with Crippen LogP contribution in [-0.4, -0.2) is 24.1 Å². The zero-order valence-corrected chi connectivity index (χ0v) is 14.0. The predicted octanol–water partition coefficient (Wildman–Crippen LogP) is 3.76. The van der Waals surface area contributed by atoms with E-state index in [0.717, 1.165) is 37.6 Å². The molecule has 20 heavy (non-hydrogen) atoms. The molecule has 1 N–H and O–H groups in total. The molecule has 0 aliphatic heterocycles. The fraction of sp³-hybridized carbons (Fsp3) is 0.706. The van der Waals surface area contributed by atoms with E-state index in [9.17, 15) is 0 Å². The van der Waals surface area contributed by atoms with Gasteiger partial charge in [-0.05, 0) is 51.3 Å². The fourth-order valence-electron chi connectivity index (χ4n) is 2.34. The number of aromatic nitrogens is 1. The molecule has 0 amide bonds. The lowest BCUT2D eigenvalue weighted by Gasteiger charge is -2.29. The van der Waals surface area contributed by atoms with Gasteiger partial charge >= 0.3 is 0 Å². The Balaban J connectivity index is 2.76. The number of anilines is 1. The van der Waals surface area contributed by atoms with Crippen molar-refractivity contribution in [2.45, 2.75) is 60.5 Å². The average Bonchev–Trinajstić information content (AvgIpc) is 2.41. The van der Waals surface area contributed by atoms with Crippen LogP contribution in [0.5, 0.6) is 0 Å².